The topological polar surface area (TPSA) is 134 Å². The number of nitrogens with two attached hydrogens (primary N) is 1. The maximum absolute atomic E-state index is 12.6. The molecule has 0 amide bonds. The predicted octanol–water partition coefficient (Wildman–Crippen LogP) is 13.1. The molecule has 0 aliphatic heterocycles. The summed E-state index contributed by atoms with van der Waals surface area (Å²) in [5, 5.41) is 0. The van der Waals surface area contributed by atoms with Gasteiger partial charge in [0.05, 0.1) is 13.2 Å². The highest BCUT2D eigenvalue weighted by Gasteiger charge is 2.25. The van der Waals surface area contributed by atoms with Crippen molar-refractivity contribution in [2.24, 2.45) is 5.73 Å². The van der Waals surface area contributed by atoms with E-state index in [0.717, 1.165) is 51.4 Å². The zero-order chi connectivity index (χ0) is 41.8. The fourth-order valence-electron chi connectivity index (χ4n) is 5.73. The van der Waals surface area contributed by atoms with E-state index in [4.69, 9.17) is 24.3 Å². The highest BCUT2D eigenvalue weighted by Crippen LogP contribution is 2.43. The maximum atomic E-state index is 12.6. The second-order valence-corrected chi connectivity index (χ2v) is 16.0. The van der Waals surface area contributed by atoms with Crippen LogP contribution in [0.2, 0.25) is 0 Å². The van der Waals surface area contributed by atoms with Gasteiger partial charge in [-0.25, -0.2) is 4.57 Å². The van der Waals surface area contributed by atoms with Crippen LogP contribution >= 0.6 is 7.82 Å². The number of carbonyl (C=O) groups excluding carboxylic acids is 2. The molecule has 0 bridgehead atoms. The fraction of sp³-hybridized carbons (Fsp3) is 0.702. The molecular formula is C47H82NO8P. The molecule has 3 N–H and O–H groups in total. The van der Waals surface area contributed by atoms with E-state index in [0.29, 0.717) is 12.8 Å². The Balaban J connectivity index is 4.28. The number of hydrogen-bond acceptors (Lipinski definition) is 8. The molecule has 0 aromatic carbocycles. The van der Waals surface area contributed by atoms with Gasteiger partial charge < -0.3 is 20.1 Å². The van der Waals surface area contributed by atoms with Crippen molar-refractivity contribution in [1.82, 2.24) is 0 Å². The van der Waals surface area contributed by atoms with Gasteiger partial charge in [-0.15, -0.1) is 0 Å². The summed E-state index contributed by atoms with van der Waals surface area (Å²) in [4.78, 5) is 34.9. The molecule has 0 rings (SSSR count). The van der Waals surface area contributed by atoms with E-state index in [2.05, 4.69) is 74.6 Å². The molecule has 0 spiro atoms. The van der Waals surface area contributed by atoms with Crippen molar-refractivity contribution in [3.05, 3.63) is 72.9 Å². The van der Waals surface area contributed by atoms with Crippen LogP contribution < -0.4 is 5.73 Å². The number of ether oxygens (including phenoxy) is 2. The zero-order valence-electron chi connectivity index (χ0n) is 36.0. The summed E-state index contributed by atoms with van der Waals surface area (Å²) in [7, 11) is -4.40. The highest BCUT2D eigenvalue weighted by atomic mass is 31.2. The number of phosphoric ester groups is 1. The molecule has 0 radical (unpaired) electrons. The lowest BCUT2D eigenvalue weighted by Crippen LogP contribution is -2.29. The van der Waals surface area contributed by atoms with Crippen LogP contribution in [0.3, 0.4) is 0 Å². The van der Waals surface area contributed by atoms with Crippen LogP contribution in [0.1, 0.15) is 181 Å². The fourth-order valence-corrected chi connectivity index (χ4v) is 6.49. The molecule has 10 heteroatoms. The van der Waals surface area contributed by atoms with E-state index in [1.807, 2.05) is 12.2 Å². The predicted molar refractivity (Wildman–Crippen MR) is 238 cm³/mol. The standard InChI is InChI=1S/C47H82NO8P/c1-3-5-7-9-11-13-15-17-19-21-22-24-25-27-29-31-33-35-37-39-46(49)53-43-45(44-55-57(51,52)54-42-41-48)56-47(50)40-38-36-34-32-30-28-26-23-20-18-16-14-12-10-8-6-4-2/h11,13,17-20,22,24,27,29,33,35,45H,3-10,12,14-16,21,23,25-26,28,30-32,34,36-44,48H2,1-2H3,(H,51,52)/b13-11+,19-17+,20-18+,24-22+,29-27+,35-33+/t45-/m1/s1. The molecular weight excluding hydrogens is 737 g/mol. The van der Waals surface area contributed by atoms with Gasteiger partial charge in [-0.2, -0.15) is 0 Å². The molecule has 0 aliphatic rings. The average molecular weight is 820 g/mol. The smallest absolute Gasteiger partial charge is 0.462 e. The molecule has 0 aromatic heterocycles. The van der Waals surface area contributed by atoms with Crippen LogP contribution in [-0.4, -0.2) is 49.3 Å². The summed E-state index contributed by atoms with van der Waals surface area (Å²) in [6.45, 7) is 3.60. The molecule has 328 valence electrons. The van der Waals surface area contributed by atoms with Crippen LogP contribution in [0, 0.1) is 0 Å². The van der Waals surface area contributed by atoms with Gasteiger partial charge in [0.1, 0.15) is 6.61 Å². The summed E-state index contributed by atoms with van der Waals surface area (Å²) in [6, 6.07) is 0. The van der Waals surface area contributed by atoms with Crippen molar-refractivity contribution in [3.63, 3.8) is 0 Å². The molecule has 2 atom stereocenters. The minimum absolute atomic E-state index is 0.0403. The van der Waals surface area contributed by atoms with E-state index in [1.165, 1.54) is 89.9 Å². The van der Waals surface area contributed by atoms with Gasteiger partial charge in [0, 0.05) is 19.4 Å². The molecule has 0 saturated heterocycles. The number of esters is 2. The van der Waals surface area contributed by atoms with Gasteiger partial charge in [0.2, 0.25) is 0 Å². The Bertz CT molecular complexity index is 1160. The molecule has 0 aromatic rings. The molecule has 0 aliphatic carbocycles. The lowest BCUT2D eigenvalue weighted by Gasteiger charge is -2.19. The molecule has 1 unspecified atom stereocenters. The van der Waals surface area contributed by atoms with Gasteiger partial charge >= 0.3 is 19.8 Å². The van der Waals surface area contributed by atoms with E-state index >= 15 is 0 Å². The third kappa shape index (κ3) is 42.9. The quantitative estimate of drug-likeness (QED) is 0.0267. The maximum Gasteiger partial charge on any atom is 0.472 e. The third-order valence-corrected chi connectivity index (χ3v) is 10.1. The van der Waals surface area contributed by atoms with Crippen LogP contribution in [0.15, 0.2) is 72.9 Å². The monoisotopic (exact) mass is 820 g/mol. The molecule has 0 heterocycles. The summed E-state index contributed by atoms with van der Waals surface area (Å²) in [6.07, 6.45) is 52.3. The first-order chi connectivity index (χ1) is 27.8. The Hall–Kier alpha value is -2.55. The van der Waals surface area contributed by atoms with E-state index in [1.54, 1.807) is 0 Å². The highest BCUT2D eigenvalue weighted by molar-refractivity contribution is 7.47. The molecule has 9 nitrogen and oxygen atoms in total. The number of phosphoric acid groups is 1. The molecule has 57 heavy (non-hydrogen) atoms. The minimum atomic E-state index is -4.40. The van der Waals surface area contributed by atoms with E-state index in [9.17, 15) is 19.0 Å². The SMILES string of the molecule is CCCCC/C=C/C/C=C/C/C=C/C/C=C/C/C=C/CCC(=O)OC[C@H](COP(=O)(O)OCCN)OC(=O)CCCCCCCCC/C=C/CCCCCCCC. The van der Waals surface area contributed by atoms with Gasteiger partial charge in [-0.1, -0.05) is 164 Å². The van der Waals surface area contributed by atoms with Crippen molar-refractivity contribution < 1.29 is 37.6 Å². The Morgan fingerprint density at radius 1 is 0.526 bits per heavy atom. The van der Waals surface area contributed by atoms with Gasteiger partial charge in [-0.3, -0.25) is 18.6 Å². The number of allylic oxidation sites excluding steroid dienone is 12. The lowest BCUT2D eigenvalue weighted by molar-refractivity contribution is -0.161. The summed E-state index contributed by atoms with van der Waals surface area (Å²) in [5.74, 6) is -0.933. The number of hydrogen-bond donors (Lipinski definition) is 2. The second-order valence-electron chi connectivity index (χ2n) is 14.6. The zero-order valence-corrected chi connectivity index (χ0v) is 36.9. The Morgan fingerprint density at radius 2 is 0.947 bits per heavy atom. The first kappa shape index (κ1) is 54.5. The summed E-state index contributed by atoms with van der Waals surface area (Å²) < 4.78 is 32.7. The van der Waals surface area contributed by atoms with Crippen LogP contribution in [-0.2, 0) is 32.7 Å². The number of rotatable bonds is 41. The normalized spacial score (nSPS) is 14.0. The van der Waals surface area contributed by atoms with Crippen molar-refractivity contribution in [2.45, 2.75) is 187 Å². The summed E-state index contributed by atoms with van der Waals surface area (Å²) >= 11 is 0. The molecule has 0 saturated carbocycles. The first-order valence-electron chi connectivity index (χ1n) is 22.4. The van der Waals surface area contributed by atoms with Gasteiger partial charge in [-0.05, 0) is 77.0 Å². The Kier molecular flexibility index (Phi) is 41.1. The second kappa shape index (κ2) is 43.0. The lowest BCUT2D eigenvalue weighted by atomic mass is 10.1. The average Bonchev–Trinajstić information content (AvgIpc) is 3.20. The summed E-state index contributed by atoms with van der Waals surface area (Å²) in [5.41, 5.74) is 5.34. The van der Waals surface area contributed by atoms with Crippen molar-refractivity contribution >= 4 is 19.8 Å². The number of unbranched alkanes of at least 4 members (excludes halogenated alkanes) is 16. The van der Waals surface area contributed by atoms with Gasteiger partial charge in [0.25, 0.3) is 0 Å². The van der Waals surface area contributed by atoms with Gasteiger partial charge in [0.15, 0.2) is 6.10 Å². The number of carbonyl (C=O) groups is 2. The first-order valence-corrected chi connectivity index (χ1v) is 23.9. The van der Waals surface area contributed by atoms with Crippen LogP contribution in [0.5, 0.6) is 0 Å². The molecule has 0 fully saturated rings. The third-order valence-electron chi connectivity index (χ3n) is 9.08. The van der Waals surface area contributed by atoms with Crippen LogP contribution in [0.25, 0.3) is 0 Å². The van der Waals surface area contributed by atoms with E-state index < -0.39 is 32.5 Å². The Labute approximate surface area is 348 Å². The van der Waals surface area contributed by atoms with Crippen LogP contribution in [0.4, 0.5) is 0 Å². The van der Waals surface area contributed by atoms with Crippen molar-refractivity contribution in [1.29, 1.82) is 0 Å². The largest absolute Gasteiger partial charge is 0.472 e. The Morgan fingerprint density at radius 3 is 1.47 bits per heavy atom. The van der Waals surface area contributed by atoms with Crippen molar-refractivity contribution in [3.8, 4) is 0 Å². The van der Waals surface area contributed by atoms with Crippen molar-refractivity contribution in [2.75, 3.05) is 26.4 Å². The van der Waals surface area contributed by atoms with E-state index in [-0.39, 0.29) is 32.6 Å². The minimum Gasteiger partial charge on any atom is -0.462 e.